The summed E-state index contributed by atoms with van der Waals surface area (Å²) < 4.78 is 5.22. The van der Waals surface area contributed by atoms with Gasteiger partial charge in [0.2, 0.25) is 0 Å². The zero-order valence-corrected chi connectivity index (χ0v) is 12.4. The lowest BCUT2D eigenvalue weighted by Gasteiger charge is -2.21. The fraction of sp³-hybridized carbons (Fsp3) is 0.538. The summed E-state index contributed by atoms with van der Waals surface area (Å²) in [4.78, 5) is 15.9. The molecule has 0 aliphatic rings. The van der Waals surface area contributed by atoms with Gasteiger partial charge in [0.15, 0.2) is 0 Å². The van der Waals surface area contributed by atoms with Gasteiger partial charge in [-0.1, -0.05) is 11.6 Å². The number of carbonyl (C=O) groups excluding carboxylic acids is 1. The van der Waals surface area contributed by atoms with Crippen LogP contribution in [-0.4, -0.2) is 16.7 Å². The molecular formula is C13H19ClN2O2. The molecule has 0 unspecified atom stereocenters. The van der Waals surface area contributed by atoms with Gasteiger partial charge in [-0.2, -0.15) is 0 Å². The van der Waals surface area contributed by atoms with E-state index in [-0.39, 0.29) is 0 Å². The lowest BCUT2D eigenvalue weighted by atomic mass is 10.1. The quantitative estimate of drug-likeness (QED) is 0.785. The van der Waals surface area contributed by atoms with Crippen molar-refractivity contribution in [3.8, 4) is 0 Å². The van der Waals surface area contributed by atoms with Crippen molar-refractivity contribution in [2.75, 3.05) is 5.32 Å². The first-order chi connectivity index (χ1) is 8.11. The third-order valence-electron chi connectivity index (χ3n) is 2.49. The van der Waals surface area contributed by atoms with Gasteiger partial charge < -0.3 is 4.74 Å². The van der Waals surface area contributed by atoms with Gasteiger partial charge in [0.05, 0.1) is 5.69 Å². The third-order valence-corrected chi connectivity index (χ3v) is 2.86. The fourth-order valence-corrected chi connectivity index (χ4v) is 1.69. The molecule has 0 saturated carbocycles. The van der Waals surface area contributed by atoms with Crippen molar-refractivity contribution in [2.24, 2.45) is 0 Å². The molecule has 0 saturated heterocycles. The maximum atomic E-state index is 11.8. The van der Waals surface area contributed by atoms with Gasteiger partial charge in [0.25, 0.3) is 0 Å². The molecule has 0 spiro atoms. The van der Waals surface area contributed by atoms with Crippen molar-refractivity contribution in [1.82, 2.24) is 4.98 Å². The second-order valence-electron chi connectivity index (χ2n) is 5.24. The van der Waals surface area contributed by atoms with Crippen molar-refractivity contribution in [1.29, 1.82) is 0 Å². The Kier molecular flexibility index (Phi) is 4.22. The van der Waals surface area contributed by atoms with Crippen LogP contribution in [0.3, 0.4) is 0 Å². The van der Waals surface area contributed by atoms with Crippen LogP contribution >= 0.6 is 11.6 Å². The maximum Gasteiger partial charge on any atom is 0.412 e. The molecule has 0 atom stereocenters. The predicted octanol–water partition coefficient (Wildman–Crippen LogP) is 4.01. The number of anilines is 1. The first-order valence-corrected chi connectivity index (χ1v) is 6.13. The van der Waals surface area contributed by atoms with Gasteiger partial charge >= 0.3 is 6.09 Å². The topological polar surface area (TPSA) is 51.2 Å². The minimum Gasteiger partial charge on any atom is -0.444 e. The molecule has 5 heteroatoms. The summed E-state index contributed by atoms with van der Waals surface area (Å²) in [5, 5.41) is 3.12. The Labute approximate surface area is 113 Å². The van der Waals surface area contributed by atoms with E-state index < -0.39 is 11.7 Å². The number of halogens is 1. The van der Waals surface area contributed by atoms with Crippen molar-refractivity contribution in [3.63, 3.8) is 0 Å². The lowest BCUT2D eigenvalue weighted by Crippen LogP contribution is -2.27. The molecule has 0 aromatic carbocycles. The van der Waals surface area contributed by atoms with Crippen molar-refractivity contribution in [2.45, 2.75) is 47.1 Å². The first-order valence-electron chi connectivity index (χ1n) is 5.75. The SMILES string of the molecule is Cc1nc(Cl)c(C)c(NC(=O)OC(C)(C)C)c1C. The molecule has 100 valence electrons. The Hall–Kier alpha value is -1.29. The van der Waals surface area contributed by atoms with E-state index in [0.29, 0.717) is 10.8 Å². The number of aromatic nitrogens is 1. The molecule has 18 heavy (non-hydrogen) atoms. The first kappa shape index (κ1) is 14.8. The highest BCUT2D eigenvalue weighted by atomic mass is 35.5. The van der Waals surface area contributed by atoms with Gasteiger partial charge in [-0.15, -0.1) is 0 Å². The number of ether oxygens (including phenoxy) is 1. The molecule has 0 aliphatic heterocycles. The van der Waals surface area contributed by atoms with Gasteiger partial charge in [0.1, 0.15) is 10.8 Å². The maximum absolute atomic E-state index is 11.8. The van der Waals surface area contributed by atoms with Gasteiger partial charge in [0, 0.05) is 11.3 Å². The summed E-state index contributed by atoms with van der Waals surface area (Å²) in [6.45, 7) is 11.0. The van der Waals surface area contributed by atoms with Gasteiger partial charge in [-0.3, -0.25) is 5.32 Å². The Morgan fingerprint density at radius 1 is 1.22 bits per heavy atom. The average molecular weight is 271 g/mol. The molecule has 0 radical (unpaired) electrons. The molecule has 0 fully saturated rings. The number of pyridine rings is 1. The van der Waals surface area contributed by atoms with Crippen LogP contribution in [0, 0.1) is 20.8 Å². The highest BCUT2D eigenvalue weighted by Gasteiger charge is 2.19. The van der Waals surface area contributed by atoms with Crippen LogP contribution in [0.2, 0.25) is 5.15 Å². The van der Waals surface area contributed by atoms with Gasteiger partial charge in [-0.25, -0.2) is 9.78 Å². The standard InChI is InChI=1S/C13H19ClN2O2/c1-7-9(3)15-11(14)8(2)10(7)16-12(17)18-13(4,5)6/h1-6H3,(H,15,16,17). The van der Waals surface area contributed by atoms with E-state index in [1.54, 1.807) is 0 Å². The number of carbonyl (C=O) groups is 1. The number of aryl methyl sites for hydroxylation is 1. The van der Waals surface area contributed by atoms with E-state index in [9.17, 15) is 4.79 Å². The van der Waals surface area contributed by atoms with Crippen LogP contribution in [0.15, 0.2) is 0 Å². The van der Waals surface area contributed by atoms with E-state index >= 15 is 0 Å². The summed E-state index contributed by atoms with van der Waals surface area (Å²) in [6, 6.07) is 0. The summed E-state index contributed by atoms with van der Waals surface area (Å²) in [5.41, 5.74) is 2.56. The normalized spacial score (nSPS) is 11.3. The molecular weight excluding hydrogens is 252 g/mol. The van der Waals surface area contributed by atoms with Gasteiger partial charge in [-0.05, 0) is 47.1 Å². The summed E-state index contributed by atoms with van der Waals surface area (Å²) in [6.07, 6.45) is -0.490. The number of nitrogens with zero attached hydrogens (tertiary/aromatic N) is 1. The van der Waals surface area contributed by atoms with Crippen LogP contribution in [0.4, 0.5) is 10.5 Å². The van der Waals surface area contributed by atoms with E-state index in [1.807, 2.05) is 41.5 Å². The Balaban J connectivity index is 3.01. The lowest BCUT2D eigenvalue weighted by molar-refractivity contribution is 0.0635. The average Bonchev–Trinajstić information content (AvgIpc) is 2.19. The van der Waals surface area contributed by atoms with Crippen LogP contribution < -0.4 is 5.32 Å². The number of amides is 1. The molecule has 0 aliphatic carbocycles. The Morgan fingerprint density at radius 3 is 2.28 bits per heavy atom. The number of nitrogens with one attached hydrogen (secondary N) is 1. The zero-order chi connectivity index (χ0) is 14.1. The minimum atomic E-state index is -0.530. The molecule has 4 nitrogen and oxygen atoms in total. The molecule has 1 aromatic rings. The highest BCUT2D eigenvalue weighted by molar-refractivity contribution is 6.30. The van der Waals surface area contributed by atoms with E-state index in [1.165, 1.54) is 0 Å². The second kappa shape index (κ2) is 5.14. The van der Waals surface area contributed by atoms with Crippen molar-refractivity contribution < 1.29 is 9.53 Å². The Bertz CT molecular complexity index is 453. The molecule has 1 rings (SSSR count). The smallest absolute Gasteiger partial charge is 0.412 e. The summed E-state index contributed by atoms with van der Waals surface area (Å²) in [7, 11) is 0. The number of rotatable bonds is 1. The van der Waals surface area contributed by atoms with Crippen molar-refractivity contribution in [3.05, 3.63) is 22.0 Å². The largest absolute Gasteiger partial charge is 0.444 e. The molecule has 1 aromatic heterocycles. The summed E-state index contributed by atoms with van der Waals surface area (Å²) >= 11 is 6.00. The molecule has 1 heterocycles. The molecule has 1 amide bonds. The monoisotopic (exact) mass is 270 g/mol. The van der Waals surface area contributed by atoms with Crippen LogP contribution in [0.25, 0.3) is 0 Å². The second-order valence-corrected chi connectivity index (χ2v) is 5.60. The highest BCUT2D eigenvalue weighted by Crippen LogP contribution is 2.27. The fourth-order valence-electron chi connectivity index (χ4n) is 1.47. The van der Waals surface area contributed by atoms with E-state index in [2.05, 4.69) is 10.3 Å². The molecule has 0 bridgehead atoms. The zero-order valence-electron chi connectivity index (χ0n) is 11.6. The minimum absolute atomic E-state index is 0.393. The van der Waals surface area contributed by atoms with Crippen LogP contribution in [0.1, 0.15) is 37.6 Å². The number of hydrogen-bond acceptors (Lipinski definition) is 3. The predicted molar refractivity (Wildman–Crippen MR) is 73.3 cm³/mol. The molecule has 1 N–H and O–H groups in total. The van der Waals surface area contributed by atoms with Crippen molar-refractivity contribution >= 4 is 23.4 Å². The van der Waals surface area contributed by atoms with Crippen LogP contribution in [-0.2, 0) is 4.74 Å². The third kappa shape index (κ3) is 3.60. The van der Waals surface area contributed by atoms with Crippen LogP contribution in [0.5, 0.6) is 0 Å². The van der Waals surface area contributed by atoms with E-state index in [4.69, 9.17) is 16.3 Å². The van der Waals surface area contributed by atoms with E-state index in [0.717, 1.165) is 16.8 Å². The summed E-state index contributed by atoms with van der Waals surface area (Å²) in [5.74, 6) is 0. The number of hydrogen-bond donors (Lipinski definition) is 1. The Morgan fingerprint density at radius 2 is 1.78 bits per heavy atom.